The Morgan fingerprint density at radius 1 is 1.24 bits per heavy atom. The fourth-order valence-electron chi connectivity index (χ4n) is 2.80. The Morgan fingerprint density at radius 2 is 1.86 bits per heavy atom. The highest BCUT2D eigenvalue weighted by Crippen LogP contribution is 2.39. The molecule has 0 spiro atoms. The summed E-state index contributed by atoms with van der Waals surface area (Å²) in [5.74, 6) is 5.90. The molecule has 1 atom stereocenters. The van der Waals surface area contributed by atoms with Gasteiger partial charge < -0.3 is 9.47 Å². The molecule has 7 nitrogen and oxygen atoms in total. The number of thioether (sulfide) groups is 1. The lowest BCUT2D eigenvalue weighted by Crippen LogP contribution is -2.57. The third kappa shape index (κ3) is 6.12. The molecular weight excluding hydrogens is 438 g/mol. The van der Waals surface area contributed by atoms with Gasteiger partial charge in [0.1, 0.15) is 18.4 Å². The van der Waals surface area contributed by atoms with E-state index in [2.05, 4.69) is 16.6 Å². The summed E-state index contributed by atoms with van der Waals surface area (Å²) in [5, 5.41) is -0.696. The molecule has 1 aromatic carbocycles. The van der Waals surface area contributed by atoms with Crippen molar-refractivity contribution in [1.29, 1.82) is 0 Å². The van der Waals surface area contributed by atoms with Gasteiger partial charge >= 0.3 is 5.97 Å². The van der Waals surface area contributed by atoms with Crippen molar-refractivity contribution in [1.82, 2.24) is 4.31 Å². The summed E-state index contributed by atoms with van der Waals surface area (Å²) in [6, 6.07) is 4.92. The van der Waals surface area contributed by atoms with Crippen LogP contribution in [0.3, 0.4) is 0 Å². The number of halogens is 1. The molecule has 0 bridgehead atoms. The normalized spacial score (nSPS) is 19.0. The number of ether oxygens (including phenoxy) is 2. The zero-order chi connectivity index (χ0) is 21.7. The van der Waals surface area contributed by atoms with Gasteiger partial charge in [-0.3, -0.25) is 9.59 Å². The Morgan fingerprint density at radius 3 is 2.45 bits per heavy atom. The van der Waals surface area contributed by atoms with E-state index in [1.54, 1.807) is 0 Å². The number of sulfonamides is 1. The Bertz CT molecular complexity index is 918. The zero-order valence-electron chi connectivity index (χ0n) is 16.3. The monoisotopic (exact) mass is 459 g/mol. The van der Waals surface area contributed by atoms with Crippen molar-refractivity contribution in [2.75, 3.05) is 25.5 Å². The average molecular weight is 460 g/mol. The van der Waals surface area contributed by atoms with Gasteiger partial charge in [-0.2, -0.15) is 16.1 Å². The van der Waals surface area contributed by atoms with Gasteiger partial charge in [0.2, 0.25) is 15.3 Å². The molecule has 0 saturated carbocycles. The van der Waals surface area contributed by atoms with Crippen LogP contribution in [-0.4, -0.2) is 60.2 Å². The molecule has 1 saturated heterocycles. The number of carbonyl (C=O) groups is 2. The van der Waals surface area contributed by atoms with Crippen LogP contribution in [0.1, 0.15) is 20.8 Å². The first-order valence-electron chi connectivity index (χ1n) is 8.73. The molecule has 1 aliphatic heterocycles. The molecular formula is C19H22ClNO6S2. The standard InChI is InChI=1S/C19H22ClNO6S2/c1-14(22)26-11-4-5-12-27-15-6-8-16(9-7-15)29(24,25)21-10-13-28-19(2,3)17(21)18(20)23/h6-9,17H,10-13H2,1-3H3/t17-/m0/s1. The molecule has 0 N–H and O–H groups in total. The Balaban J connectivity index is 2.09. The maximum atomic E-state index is 13.1. The zero-order valence-corrected chi connectivity index (χ0v) is 18.7. The molecule has 29 heavy (non-hydrogen) atoms. The summed E-state index contributed by atoms with van der Waals surface area (Å²) in [6.45, 7) is 5.17. The van der Waals surface area contributed by atoms with Crippen LogP contribution in [0.2, 0.25) is 0 Å². The van der Waals surface area contributed by atoms with Crippen molar-refractivity contribution in [3.63, 3.8) is 0 Å². The van der Waals surface area contributed by atoms with Gasteiger partial charge in [-0.05, 0) is 49.7 Å². The van der Waals surface area contributed by atoms with Crippen molar-refractivity contribution in [2.24, 2.45) is 0 Å². The summed E-state index contributed by atoms with van der Waals surface area (Å²) in [4.78, 5) is 22.6. The molecule has 10 heteroatoms. The molecule has 1 aliphatic rings. The number of benzene rings is 1. The van der Waals surface area contributed by atoms with Crippen LogP contribution in [0.5, 0.6) is 5.75 Å². The maximum absolute atomic E-state index is 13.1. The number of carbonyl (C=O) groups excluding carboxylic acids is 2. The molecule has 0 radical (unpaired) electrons. The molecule has 0 aliphatic carbocycles. The van der Waals surface area contributed by atoms with E-state index in [4.69, 9.17) is 16.3 Å². The first kappa shape index (κ1) is 23.5. The fraction of sp³-hybridized carbons (Fsp3) is 0.474. The van der Waals surface area contributed by atoms with Crippen LogP contribution in [0, 0.1) is 11.8 Å². The summed E-state index contributed by atoms with van der Waals surface area (Å²) in [6.07, 6.45) is 0. The van der Waals surface area contributed by atoms with E-state index in [0.29, 0.717) is 11.5 Å². The predicted molar refractivity (Wildman–Crippen MR) is 111 cm³/mol. The first-order valence-corrected chi connectivity index (χ1v) is 11.5. The lowest BCUT2D eigenvalue weighted by atomic mass is 10.0. The van der Waals surface area contributed by atoms with Crippen LogP contribution in [0.4, 0.5) is 0 Å². The van der Waals surface area contributed by atoms with Gasteiger partial charge in [0, 0.05) is 24.0 Å². The van der Waals surface area contributed by atoms with E-state index >= 15 is 0 Å². The third-order valence-corrected chi connectivity index (χ3v) is 7.60. The SMILES string of the molecule is CC(=O)OCC#CCOc1ccc(S(=O)(=O)N2CCSC(C)(C)[C@@H]2C(=O)Cl)cc1. The highest BCUT2D eigenvalue weighted by atomic mass is 35.5. The van der Waals surface area contributed by atoms with Gasteiger partial charge in [0.15, 0.2) is 6.61 Å². The quantitative estimate of drug-likeness (QED) is 0.366. The first-order chi connectivity index (χ1) is 13.6. The molecule has 1 aromatic rings. The van der Waals surface area contributed by atoms with Gasteiger partial charge in [-0.15, -0.1) is 0 Å². The molecule has 2 rings (SSSR count). The topological polar surface area (TPSA) is 90.0 Å². The van der Waals surface area contributed by atoms with Crippen LogP contribution < -0.4 is 4.74 Å². The minimum atomic E-state index is -3.90. The number of hydrogen-bond acceptors (Lipinski definition) is 7. The van der Waals surface area contributed by atoms with Crippen LogP contribution in [0.15, 0.2) is 29.2 Å². The minimum absolute atomic E-state index is 0.0131. The van der Waals surface area contributed by atoms with E-state index in [-0.39, 0.29) is 24.7 Å². The van der Waals surface area contributed by atoms with Gasteiger partial charge in [0.05, 0.1) is 4.90 Å². The summed E-state index contributed by atoms with van der Waals surface area (Å²) >= 11 is 7.27. The molecule has 1 heterocycles. The van der Waals surface area contributed by atoms with Crippen LogP contribution in [0.25, 0.3) is 0 Å². The molecule has 0 unspecified atom stereocenters. The molecule has 1 fully saturated rings. The number of hydrogen-bond donors (Lipinski definition) is 0. The lowest BCUT2D eigenvalue weighted by Gasteiger charge is -2.42. The lowest BCUT2D eigenvalue weighted by molar-refractivity contribution is -0.139. The number of nitrogens with zero attached hydrogens (tertiary/aromatic N) is 1. The van der Waals surface area contributed by atoms with Crippen molar-refractivity contribution in [2.45, 2.75) is 36.5 Å². The third-order valence-electron chi connectivity index (χ3n) is 4.16. The van der Waals surface area contributed by atoms with E-state index < -0.39 is 32.0 Å². The number of esters is 1. The van der Waals surface area contributed by atoms with Crippen molar-refractivity contribution in [3.05, 3.63) is 24.3 Å². The van der Waals surface area contributed by atoms with E-state index in [1.165, 1.54) is 47.3 Å². The highest BCUT2D eigenvalue weighted by molar-refractivity contribution is 8.01. The second kappa shape index (κ2) is 9.85. The van der Waals surface area contributed by atoms with Gasteiger partial charge in [-0.25, -0.2) is 8.42 Å². The van der Waals surface area contributed by atoms with E-state index in [0.717, 1.165) is 0 Å². The maximum Gasteiger partial charge on any atom is 0.303 e. The molecule has 0 aromatic heterocycles. The summed E-state index contributed by atoms with van der Waals surface area (Å²) in [7, 11) is -3.90. The second-order valence-corrected chi connectivity index (χ2v) is 10.7. The summed E-state index contributed by atoms with van der Waals surface area (Å²) in [5.41, 5.74) is 0. The number of rotatable bonds is 6. The minimum Gasteiger partial charge on any atom is -0.481 e. The van der Waals surface area contributed by atoms with Crippen LogP contribution in [-0.2, 0) is 24.3 Å². The van der Waals surface area contributed by atoms with Crippen LogP contribution >= 0.6 is 23.4 Å². The van der Waals surface area contributed by atoms with Crippen molar-refractivity contribution in [3.8, 4) is 17.6 Å². The smallest absolute Gasteiger partial charge is 0.303 e. The average Bonchev–Trinajstić information content (AvgIpc) is 2.63. The van der Waals surface area contributed by atoms with E-state index in [9.17, 15) is 18.0 Å². The highest BCUT2D eigenvalue weighted by Gasteiger charge is 2.47. The van der Waals surface area contributed by atoms with Crippen molar-refractivity contribution >= 4 is 44.6 Å². The molecule has 158 valence electrons. The van der Waals surface area contributed by atoms with Crippen molar-refractivity contribution < 1.29 is 27.5 Å². The van der Waals surface area contributed by atoms with Gasteiger partial charge in [0.25, 0.3) is 0 Å². The van der Waals surface area contributed by atoms with Gasteiger partial charge in [-0.1, -0.05) is 11.8 Å². The predicted octanol–water partition coefficient (Wildman–Crippen LogP) is 2.28. The second-order valence-electron chi connectivity index (χ2n) is 6.67. The van der Waals surface area contributed by atoms with E-state index in [1.807, 2.05) is 13.8 Å². The largest absolute Gasteiger partial charge is 0.481 e. The fourth-order valence-corrected chi connectivity index (χ4v) is 6.42. The molecule has 0 amide bonds. The Kier molecular flexibility index (Phi) is 8.00. The Hall–Kier alpha value is -1.73. The Labute approximate surface area is 180 Å². The summed E-state index contributed by atoms with van der Waals surface area (Å²) < 4.78 is 36.8.